The zero-order chi connectivity index (χ0) is 12.3. The highest BCUT2D eigenvalue weighted by atomic mass is 16.5. The minimum atomic E-state index is -1.04. The number of methoxy groups -OCH3 is 1. The maximum atomic E-state index is 10.5. The average molecular weight is 229 g/mol. The Morgan fingerprint density at radius 2 is 1.82 bits per heavy atom. The minimum Gasteiger partial charge on any atom is -0.497 e. The van der Waals surface area contributed by atoms with E-state index in [9.17, 15) is 5.11 Å². The molecule has 0 aliphatic heterocycles. The molecule has 1 unspecified atom stereocenters. The first kappa shape index (κ1) is 11.6. The van der Waals surface area contributed by atoms with E-state index in [1.807, 2.05) is 36.4 Å². The van der Waals surface area contributed by atoms with Gasteiger partial charge in [0.15, 0.2) is 0 Å². The topological polar surface area (TPSA) is 42.4 Å². The van der Waals surface area contributed by atoms with Crippen molar-refractivity contribution in [3.8, 4) is 5.75 Å². The van der Waals surface area contributed by atoms with Crippen LogP contribution in [0.5, 0.6) is 5.75 Å². The van der Waals surface area contributed by atoms with E-state index in [0.717, 1.165) is 16.9 Å². The molecular formula is C14H15NO2. The summed E-state index contributed by atoms with van der Waals surface area (Å²) in [7, 11) is 1.62. The Bertz CT molecular complexity index is 477. The molecule has 0 spiro atoms. The fourth-order valence-electron chi connectivity index (χ4n) is 1.73. The third kappa shape index (κ3) is 2.29. The largest absolute Gasteiger partial charge is 0.497 e. The molecule has 0 amide bonds. The number of ether oxygens (including phenoxy) is 1. The van der Waals surface area contributed by atoms with E-state index < -0.39 is 5.60 Å². The molecule has 1 atom stereocenters. The van der Waals surface area contributed by atoms with Crippen LogP contribution < -0.4 is 4.74 Å². The lowest BCUT2D eigenvalue weighted by molar-refractivity contribution is 0.102. The van der Waals surface area contributed by atoms with Gasteiger partial charge in [0.25, 0.3) is 0 Å². The van der Waals surface area contributed by atoms with Crippen molar-refractivity contribution in [2.45, 2.75) is 12.5 Å². The van der Waals surface area contributed by atoms with Crippen molar-refractivity contribution in [1.29, 1.82) is 0 Å². The van der Waals surface area contributed by atoms with E-state index >= 15 is 0 Å². The van der Waals surface area contributed by atoms with Crippen LogP contribution in [0.2, 0.25) is 0 Å². The highest BCUT2D eigenvalue weighted by Crippen LogP contribution is 2.29. The second kappa shape index (κ2) is 4.55. The quantitative estimate of drug-likeness (QED) is 0.878. The Labute approximate surface area is 101 Å². The van der Waals surface area contributed by atoms with Crippen LogP contribution in [-0.2, 0) is 5.60 Å². The maximum absolute atomic E-state index is 10.5. The van der Waals surface area contributed by atoms with Crippen molar-refractivity contribution in [3.63, 3.8) is 0 Å². The fourth-order valence-corrected chi connectivity index (χ4v) is 1.73. The van der Waals surface area contributed by atoms with Crippen molar-refractivity contribution in [3.05, 3.63) is 59.9 Å². The molecule has 2 aromatic rings. The van der Waals surface area contributed by atoms with Crippen LogP contribution in [0.25, 0.3) is 0 Å². The Morgan fingerprint density at radius 3 is 2.35 bits per heavy atom. The van der Waals surface area contributed by atoms with Crippen molar-refractivity contribution >= 4 is 0 Å². The highest BCUT2D eigenvalue weighted by Gasteiger charge is 2.25. The van der Waals surface area contributed by atoms with Gasteiger partial charge in [-0.15, -0.1) is 0 Å². The number of hydrogen-bond donors (Lipinski definition) is 1. The lowest BCUT2D eigenvalue weighted by Gasteiger charge is -2.24. The molecule has 1 aromatic carbocycles. The Hall–Kier alpha value is -1.87. The molecule has 3 heteroatoms. The predicted molar refractivity (Wildman–Crippen MR) is 65.9 cm³/mol. The van der Waals surface area contributed by atoms with Crippen LogP contribution in [0.3, 0.4) is 0 Å². The number of nitrogens with zero attached hydrogens (tertiary/aromatic N) is 1. The standard InChI is InChI=1S/C14H15NO2/c1-14(16,12-4-3-9-15-10-12)11-5-7-13(17-2)8-6-11/h3-10,16H,1-2H3. The van der Waals surface area contributed by atoms with Crippen molar-refractivity contribution in [2.75, 3.05) is 7.11 Å². The fraction of sp³-hybridized carbons (Fsp3) is 0.214. The molecule has 0 aliphatic rings. The van der Waals surface area contributed by atoms with E-state index in [1.165, 1.54) is 0 Å². The average Bonchev–Trinajstić information content (AvgIpc) is 2.40. The first-order valence-corrected chi connectivity index (χ1v) is 5.42. The molecule has 0 saturated heterocycles. The second-order valence-electron chi connectivity index (χ2n) is 4.04. The lowest BCUT2D eigenvalue weighted by atomic mass is 9.89. The predicted octanol–water partition coefficient (Wildman–Crippen LogP) is 2.35. The molecule has 3 nitrogen and oxygen atoms in total. The Kier molecular flexibility index (Phi) is 3.11. The van der Waals surface area contributed by atoms with Crippen molar-refractivity contribution < 1.29 is 9.84 Å². The summed E-state index contributed by atoms with van der Waals surface area (Å²) in [4.78, 5) is 4.03. The summed E-state index contributed by atoms with van der Waals surface area (Å²) in [5.74, 6) is 0.774. The van der Waals surface area contributed by atoms with Gasteiger partial charge >= 0.3 is 0 Å². The smallest absolute Gasteiger partial charge is 0.118 e. The van der Waals surface area contributed by atoms with Gasteiger partial charge in [0.05, 0.1) is 7.11 Å². The van der Waals surface area contributed by atoms with Crippen molar-refractivity contribution in [2.24, 2.45) is 0 Å². The summed E-state index contributed by atoms with van der Waals surface area (Å²) in [5, 5.41) is 10.5. The third-order valence-corrected chi connectivity index (χ3v) is 2.88. The summed E-state index contributed by atoms with van der Waals surface area (Å²) < 4.78 is 5.09. The van der Waals surface area contributed by atoms with Gasteiger partial charge in [-0.2, -0.15) is 0 Å². The van der Waals surface area contributed by atoms with E-state index in [4.69, 9.17) is 4.74 Å². The first-order chi connectivity index (χ1) is 8.14. The van der Waals surface area contributed by atoms with Gasteiger partial charge in [0.2, 0.25) is 0 Å². The summed E-state index contributed by atoms with van der Waals surface area (Å²) in [6, 6.07) is 11.0. The van der Waals surface area contributed by atoms with E-state index in [0.29, 0.717) is 0 Å². The summed E-state index contributed by atoms with van der Waals surface area (Å²) >= 11 is 0. The first-order valence-electron chi connectivity index (χ1n) is 5.42. The number of rotatable bonds is 3. The Morgan fingerprint density at radius 1 is 1.12 bits per heavy atom. The second-order valence-corrected chi connectivity index (χ2v) is 4.04. The molecule has 0 radical (unpaired) electrons. The number of aliphatic hydroxyl groups is 1. The number of aromatic nitrogens is 1. The van der Waals surface area contributed by atoms with E-state index in [-0.39, 0.29) is 0 Å². The van der Waals surface area contributed by atoms with Crippen LogP contribution >= 0.6 is 0 Å². The zero-order valence-corrected chi connectivity index (χ0v) is 9.92. The Balaban J connectivity index is 2.37. The van der Waals surface area contributed by atoms with Gasteiger partial charge in [0.1, 0.15) is 11.4 Å². The molecule has 0 aliphatic carbocycles. The SMILES string of the molecule is COc1ccc(C(C)(O)c2cccnc2)cc1. The third-order valence-electron chi connectivity index (χ3n) is 2.88. The summed E-state index contributed by atoms with van der Waals surface area (Å²) in [6.07, 6.45) is 3.36. The maximum Gasteiger partial charge on any atom is 0.118 e. The molecule has 0 saturated carbocycles. The molecule has 0 bridgehead atoms. The van der Waals surface area contributed by atoms with E-state index in [1.54, 1.807) is 26.4 Å². The van der Waals surface area contributed by atoms with E-state index in [2.05, 4.69) is 4.98 Å². The van der Waals surface area contributed by atoms with Gasteiger partial charge in [-0.1, -0.05) is 18.2 Å². The highest BCUT2D eigenvalue weighted by molar-refractivity contribution is 5.36. The molecule has 1 heterocycles. The van der Waals surface area contributed by atoms with Gasteiger partial charge in [-0.3, -0.25) is 4.98 Å². The molecule has 88 valence electrons. The number of benzene rings is 1. The lowest BCUT2D eigenvalue weighted by Crippen LogP contribution is -2.22. The van der Waals surface area contributed by atoms with Crippen LogP contribution in [-0.4, -0.2) is 17.2 Å². The number of hydrogen-bond acceptors (Lipinski definition) is 3. The molecule has 17 heavy (non-hydrogen) atoms. The molecule has 1 aromatic heterocycles. The minimum absolute atomic E-state index is 0.769. The molecular weight excluding hydrogens is 214 g/mol. The van der Waals surface area contributed by atoms with Gasteiger partial charge < -0.3 is 9.84 Å². The van der Waals surface area contributed by atoms with Gasteiger partial charge in [-0.05, 0) is 30.7 Å². The van der Waals surface area contributed by atoms with Crippen LogP contribution in [0.15, 0.2) is 48.8 Å². The molecule has 1 N–H and O–H groups in total. The van der Waals surface area contributed by atoms with Crippen molar-refractivity contribution in [1.82, 2.24) is 4.98 Å². The van der Waals surface area contributed by atoms with Gasteiger partial charge in [-0.25, -0.2) is 0 Å². The zero-order valence-electron chi connectivity index (χ0n) is 9.92. The van der Waals surface area contributed by atoms with Crippen LogP contribution in [0, 0.1) is 0 Å². The molecule has 2 rings (SSSR count). The number of pyridine rings is 1. The van der Waals surface area contributed by atoms with Crippen LogP contribution in [0.4, 0.5) is 0 Å². The normalized spacial score (nSPS) is 14.1. The molecule has 0 fully saturated rings. The monoisotopic (exact) mass is 229 g/mol. The van der Waals surface area contributed by atoms with Crippen LogP contribution in [0.1, 0.15) is 18.1 Å². The summed E-state index contributed by atoms with van der Waals surface area (Å²) in [5.41, 5.74) is 0.539. The van der Waals surface area contributed by atoms with Gasteiger partial charge in [0, 0.05) is 18.0 Å². The summed E-state index contributed by atoms with van der Waals surface area (Å²) in [6.45, 7) is 1.76.